The average Bonchev–Trinajstić information content (AvgIpc) is 2.34. The van der Waals surface area contributed by atoms with Crippen LogP contribution in [-0.2, 0) is 4.74 Å². The molecule has 0 atom stereocenters. The van der Waals surface area contributed by atoms with E-state index < -0.39 is 0 Å². The number of nitrogens with zero attached hydrogens (tertiary/aromatic N) is 1. The number of nitrogens with one attached hydrogen (secondary N) is 1. The highest BCUT2D eigenvalue weighted by atomic mass is 35.5. The van der Waals surface area contributed by atoms with Crippen LogP contribution in [-0.4, -0.2) is 36.5 Å². The van der Waals surface area contributed by atoms with Crippen molar-refractivity contribution in [2.45, 2.75) is 31.4 Å². The second kappa shape index (κ2) is 9.62. The minimum atomic E-state index is 0.330. The van der Waals surface area contributed by atoms with Crippen molar-refractivity contribution in [1.82, 2.24) is 10.3 Å². The summed E-state index contributed by atoms with van der Waals surface area (Å²) < 4.78 is 5.46. The van der Waals surface area contributed by atoms with Crippen LogP contribution >= 0.6 is 23.4 Å². The molecule has 0 bridgehead atoms. The second-order valence-electron chi connectivity index (χ2n) is 4.19. The summed E-state index contributed by atoms with van der Waals surface area (Å²) in [6.07, 6.45) is 3.07. The first-order valence-corrected chi connectivity index (χ1v) is 7.61. The molecule has 0 radical (unpaired) electrons. The Labute approximate surface area is 119 Å². The monoisotopic (exact) mass is 288 g/mol. The van der Waals surface area contributed by atoms with Crippen LogP contribution < -0.4 is 5.32 Å². The fourth-order valence-electron chi connectivity index (χ4n) is 1.32. The first-order valence-electron chi connectivity index (χ1n) is 6.25. The predicted octanol–water partition coefficient (Wildman–Crippen LogP) is 3.23. The number of thioether (sulfide) groups is 1. The molecule has 0 saturated carbocycles. The van der Waals surface area contributed by atoms with Crippen LogP contribution in [0.25, 0.3) is 0 Å². The predicted molar refractivity (Wildman–Crippen MR) is 78.5 cm³/mol. The minimum Gasteiger partial charge on any atom is -0.379 e. The van der Waals surface area contributed by atoms with Gasteiger partial charge in [0.2, 0.25) is 0 Å². The summed E-state index contributed by atoms with van der Waals surface area (Å²) in [5.74, 6) is 1.01. The summed E-state index contributed by atoms with van der Waals surface area (Å²) in [6, 6.07) is 3.82. The van der Waals surface area contributed by atoms with Crippen molar-refractivity contribution in [1.29, 1.82) is 0 Å². The third-order valence-corrected chi connectivity index (χ3v) is 3.35. The number of rotatable bonds is 9. The average molecular weight is 289 g/mol. The van der Waals surface area contributed by atoms with Crippen LogP contribution in [0.5, 0.6) is 0 Å². The Balaban J connectivity index is 1.94. The smallest absolute Gasteiger partial charge is 0.0961 e. The van der Waals surface area contributed by atoms with Crippen LogP contribution in [0.1, 0.15) is 20.3 Å². The molecule has 0 aliphatic rings. The Morgan fingerprint density at radius 1 is 1.39 bits per heavy atom. The van der Waals surface area contributed by atoms with Crippen molar-refractivity contribution in [3.8, 4) is 0 Å². The molecule has 1 aromatic heterocycles. The highest BCUT2D eigenvalue weighted by Crippen LogP contribution is 2.16. The molecule has 0 saturated heterocycles. The maximum atomic E-state index is 5.77. The van der Waals surface area contributed by atoms with E-state index in [1.807, 2.05) is 12.1 Å². The van der Waals surface area contributed by atoms with Crippen LogP contribution in [0.3, 0.4) is 0 Å². The summed E-state index contributed by atoms with van der Waals surface area (Å²) in [5, 5.41) is 5.09. The Morgan fingerprint density at radius 2 is 2.22 bits per heavy atom. The zero-order valence-corrected chi connectivity index (χ0v) is 12.6. The van der Waals surface area contributed by atoms with E-state index in [-0.39, 0.29) is 0 Å². The van der Waals surface area contributed by atoms with Crippen molar-refractivity contribution < 1.29 is 4.74 Å². The molecule has 1 aromatic rings. The Hall–Kier alpha value is -0.290. The summed E-state index contributed by atoms with van der Waals surface area (Å²) >= 11 is 7.50. The van der Waals surface area contributed by atoms with Gasteiger partial charge in [0.05, 0.1) is 16.2 Å². The maximum absolute atomic E-state index is 5.77. The molecular weight excluding hydrogens is 268 g/mol. The van der Waals surface area contributed by atoms with Gasteiger partial charge in [0.1, 0.15) is 0 Å². The molecule has 1 heterocycles. The van der Waals surface area contributed by atoms with Gasteiger partial charge in [-0.2, -0.15) is 0 Å². The van der Waals surface area contributed by atoms with Gasteiger partial charge >= 0.3 is 0 Å². The van der Waals surface area contributed by atoms with E-state index in [1.54, 1.807) is 18.0 Å². The van der Waals surface area contributed by atoms with E-state index in [2.05, 4.69) is 24.1 Å². The fourth-order valence-corrected chi connectivity index (χ4v) is 2.18. The van der Waals surface area contributed by atoms with Gasteiger partial charge in [0, 0.05) is 25.1 Å². The summed E-state index contributed by atoms with van der Waals surface area (Å²) in [5.41, 5.74) is 0. The lowest BCUT2D eigenvalue weighted by atomic mass is 10.4. The summed E-state index contributed by atoms with van der Waals surface area (Å²) in [6.45, 7) is 6.93. The van der Waals surface area contributed by atoms with Gasteiger partial charge in [-0.1, -0.05) is 11.6 Å². The normalized spacial score (nSPS) is 11.1. The number of ether oxygens (including phenoxy) is 1. The third-order valence-electron chi connectivity index (χ3n) is 2.18. The van der Waals surface area contributed by atoms with Crippen molar-refractivity contribution in [2.24, 2.45) is 0 Å². The molecule has 0 amide bonds. The number of hydrogen-bond acceptors (Lipinski definition) is 4. The largest absolute Gasteiger partial charge is 0.379 e. The van der Waals surface area contributed by atoms with Gasteiger partial charge < -0.3 is 10.1 Å². The molecular formula is C13H21ClN2OS. The molecule has 102 valence electrons. The van der Waals surface area contributed by atoms with Crippen LogP contribution in [0.15, 0.2) is 23.4 Å². The van der Waals surface area contributed by atoms with Crippen molar-refractivity contribution in [2.75, 3.05) is 25.4 Å². The van der Waals surface area contributed by atoms with Crippen molar-refractivity contribution >= 4 is 23.4 Å². The molecule has 1 rings (SSSR count). The lowest BCUT2D eigenvalue weighted by molar-refractivity contribution is 0.0772. The highest BCUT2D eigenvalue weighted by Gasteiger charge is 1.96. The Bertz CT molecular complexity index is 319. The van der Waals surface area contributed by atoms with Gasteiger partial charge in [-0.25, -0.2) is 4.98 Å². The highest BCUT2D eigenvalue weighted by molar-refractivity contribution is 7.99. The molecule has 0 unspecified atom stereocenters. The molecule has 18 heavy (non-hydrogen) atoms. The quantitative estimate of drug-likeness (QED) is 0.559. The zero-order valence-electron chi connectivity index (χ0n) is 11.0. The van der Waals surface area contributed by atoms with Crippen molar-refractivity contribution in [3.63, 3.8) is 0 Å². The second-order valence-corrected chi connectivity index (χ2v) is 5.74. The molecule has 0 fully saturated rings. The van der Waals surface area contributed by atoms with Gasteiger partial charge in [-0.05, 0) is 38.9 Å². The van der Waals surface area contributed by atoms with Crippen LogP contribution in [0, 0.1) is 0 Å². The first kappa shape index (κ1) is 15.8. The fraction of sp³-hybridized carbons (Fsp3) is 0.615. The van der Waals surface area contributed by atoms with E-state index in [4.69, 9.17) is 16.3 Å². The van der Waals surface area contributed by atoms with Gasteiger partial charge in [-0.15, -0.1) is 11.8 Å². The van der Waals surface area contributed by atoms with Gasteiger partial charge in [0.25, 0.3) is 0 Å². The number of pyridine rings is 1. The molecule has 0 aromatic carbocycles. The lowest BCUT2D eigenvalue weighted by Gasteiger charge is -2.07. The number of aromatic nitrogens is 1. The SMILES string of the molecule is CC(C)OCCCNCCSc1ccc(Cl)cn1. The van der Waals surface area contributed by atoms with Gasteiger partial charge in [0.15, 0.2) is 0 Å². The Kier molecular flexibility index (Phi) is 8.42. The minimum absolute atomic E-state index is 0.330. The van der Waals surface area contributed by atoms with Crippen LogP contribution in [0.2, 0.25) is 5.02 Å². The van der Waals surface area contributed by atoms with E-state index in [0.29, 0.717) is 11.1 Å². The lowest BCUT2D eigenvalue weighted by Crippen LogP contribution is -2.20. The first-order chi connectivity index (χ1) is 8.68. The van der Waals surface area contributed by atoms with Crippen LogP contribution in [0.4, 0.5) is 0 Å². The Morgan fingerprint density at radius 3 is 2.89 bits per heavy atom. The third kappa shape index (κ3) is 7.93. The van der Waals surface area contributed by atoms with Crippen molar-refractivity contribution in [3.05, 3.63) is 23.4 Å². The van der Waals surface area contributed by atoms with E-state index in [1.165, 1.54) is 0 Å². The summed E-state index contributed by atoms with van der Waals surface area (Å²) in [7, 11) is 0. The van der Waals surface area contributed by atoms with E-state index in [9.17, 15) is 0 Å². The van der Waals surface area contributed by atoms with E-state index >= 15 is 0 Å². The maximum Gasteiger partial charge on any atom is 0.0961 e. The van der Waals surface area contributed by atoms with Gasteiger partial charge in [-0.3, -0.25) is 0 Å². The molecule has 3 nitrogen and oxygen atoms in total. The molecule has 0 aliphatic carbocycles. The number of halogens is 1. The molecule has 5 heteroatoms. The standard InChI is InChI=1S/C13H21ClN2OS/c1-11(2)17-8-3-6-15-7-9-18-13-5-4-12(14)10-16-13/h4-5,10-11,15H,3,6-9H2,1-2H3. The molecule has 1 N–H and O–H groups in total. The topological polar surface area (TPSA) is 34.1 Å². The van der Waals surface area contributed by atoms with E-state index in [0.717, 1.165) is 36.9 Å². The molecule has 0 spiro atoms. The zero-order chi connectivity index (χ0) is 13.2. The molecule has 0 aliphatic heterocycles. The summed E-state index contributed by atoms with van der Waals surface area (Å²) in [4.78, 5) is 4.23. The number of hydrogen-bond donors (Lipinski definition) is 1.